The van der Waals surface area contributed by atoms with Gasteiger partial charge in [0.2, 0.25) is 0 Å². The molecule has 0 atom stereocenters. The number of aryl methyl sites for hydroxylation is 1. The first kappa shape index (κ1) is 18.8. The van der Waals surface area contributed by atoms with E-state index in [1.807, 2.05) is 25.1 Å². The Kier molecular flexibility index (Phi) is 5.34. The molecule has 0 fully saturated rings. The van der Waals surface area contributed by atoms with Gasteiger partial charge in [-0.1, -0.05) is 19.1 Å². The summed E-state index contributed by atoms with van der Waals surface area (Å²) >= 11 is 0. The minimum absolute atomic E-state index is 0.0974. The summed E-state index contributed by atoms with van der Waals surface area (Å²) in [5.74, 6) is 0.266. The number of hydrogen-bond acceptors (Lipinski definition) is 3. The molecule has 0 saturated heterocycles. The first-order valence-corrected chi connectivity index (χ1v) is 8.38. The largest absolute Gasteiger partial charge is 0.484 e. The Hall–Kier alpha value is -3.03. The molecule has 1 aromatic carbocycles. The third kappa shape index (κ3) is 4.78. The van der Waals surface area contributed by atoms with Crippen molar-refractivity contribution in [1.82, 2.24) is 14.7 Å². The van der Waals surface area contributed by atoms with Gasteiger partial charge in [-0.25, -0.2) is 4.98 Å². The Morgan fingerprint density at radius 1 is 1.22 bits per heavy atom. The van der Waals surface area contributed by atoms with Crippen LogP contribution in [-0.4, -0.2) is 21.9 Å². The van der Waals surface area contributed by atoms with Crippen LogP contribution in [0.4, 0.5) is 13.2 Å². The molecule has 0 spiro atoms. The third-order valence-electron chi connectivity index (χ3n) is 3.97. The lowest BCUT2D eigenvalue weighted by Crippen LogP contribution is -2.28. The zero-order valence-corrected chi connectivity index (χ0v) is 14.6. The van der Waals surface area contributed by atoms with Crippen molar-refractivity contribution in [3.63, 3.8) is 0 Å². The SMILES string of the molecule is CCc1cccc(OCC(=O)NCc2cn3cc(C(F)(F)F)ccc3n2)c1. The van der Waals surface area contributed by atoms with Crippen molar-refractivity contribution in [2.24, 2.45) is 0 Å². The first-order valence-electron chi connectivity index (χ1n) is 8.38. The van der Waals surface area contributed by atoms with Crippen molar-refractivity contribution in [2.75, 3.05) is 6.61 Å². The van der Waals surface area contributed by atoms with Crippen LogP contribution in [0.15, 0.2) is 48.8 Å². The summed E-state index contributed by atoms with van der Waals surface area (Å²) in [6.07, 6.45) is -1.12. The fourth-order valence-corrected chi connectivity index (χ4v) is 2.54. The number of halogens is 3. The summed E-state index contributed by atoms with van der Waals surface area (Å²) in [6, 6.07) is 9.74. The molecule has 0 saturated carbocycles. The highest BCUT2D eigenvalue weighted by Crippen LogP contribution is 2.29. The highest BCUT2D eigenvalue weighted by molar-refractivity contribution is 5.77. The van der Waals surface area contributed by atoms with E-state index < -0.39 is 11.7 Å². The average molecular weight is 377 g/mol. The molecule has 0 bridgehead atoms. The van der Waals surface area contributed by atoms with Gasteiger partial charge >= 0.3 is 6.18 Å². The van der Waals surface area contributed by atoms with Gasteiger partial charge in [-0.3, -0.25) is 4.79 Å². The minimum atomic E-state index is -4.42. The Morgan fingerprint density at radius 3 is 2.78 bits per heavy atom. The van der Waals surface area contributed by atoms with Crippen molar-refractivity contribution in [3.05, 3.63) is 65.6 Å². The van der Waals surface area contributed by atoms with E-state index in [2.05, 4.69) is 10.3 Å². The van der Waals surface area contributed by atoms with Crippen LogP contribution in [0.3, 0.4) is 0 Å². The number of ether oxygens (including phenoxy) is 1. The van der Waals surface area contributed by atoms with Crippen molar-refractivity contribution in [2.45, 2.75) is 26.1 Å². The molecule has 0 radical (unpaired) electrons. The molecule has 5 nitrogen and oxygen atoms in total. The summed E-state index contributed by atoms with van der Waals surface area (Å²) < 4.78 is 45.0. The van der Waals surface area contributed by atoms with Crippen LogP contribution in [-0.2, 0) is 23.9 Å². The molecule has 2 heterocycles. The predicted octanol–water partition coefficient (Wildman–Crippen LogP) is 3.61. The zero-order chi connectivity index (χ0) is 19.4. The van der Waals surface area contributed by atoms with Crippen LogP contribution in [0.5, 0.6) is 5.75 Å². The Labute approximate surface area is 153 Å². The van der Waals surface area contributed by atoms with Gasteiger partial charge in [0.15, 0.2) is 6.61 Å². The molecule has 2 aromatic heterocycles. The van der Waals surface area contributed by atoms with Crippen LogP contribution in [0, 0.1) is 0 Å². The third-order valence-corrected chi connectivity index (χ3v) is 3.97. The fraction of sp³-hybridized carbons (Fsp3) is 0.263. The van der Waals surface area contributed by atoms with Crippen molar-refractivity contribution >= 4 is 11.6 Å². The summed E-state index contributed by atoms with van der Waals surface area (Å²) in [7, 11) is 0. The highest BCUT2D eigenvalue weighted by Gasteiger charge is 2.30. The van der Waals surface area contributed by atoms with E-state index in [0.29, 0.717) is 17.1 Å². The van der Waals surface area contributed by atoms with Crippen LogP contribution in [0.1, 0.15) is 23.7 Å². The van der Waals surface area contributed by atoms with E-state index in [4.69, 9.17) is 4.74 Å². The number of aromatic nitrogens is 2. The Bertz CT molecular complexity index is 951. The maximum Gasteiger partial charge on any atom is 0.417 e. The van der Waals surface area contributed by atoms with Crippen molar-refractivity contribution < 1.29 is 22.7 Å². The summed E-state index contributed by atoms with van der Waals surface area (Å²) in [6.45, 7) is 1.97. The van der Waals surface area contributed by atoms with E-state index in [1.165, 1.54) is 16.7 Å². The topological polar surface area (TPSA) is 55.6 Å². The molecule has 8 heteroatoms. The molecule has 142 valence electrons. The number of imidazole rings is 1. The molecule has 3 rings (SSSR count). The fourth-order valence-electron chi connectivity index (χ4n) is 2.54. The Morgan fingerprint density at radius 2 is 2.04 bits per heavy atom. The number of rotatable bonds is 6. The molecule has 3 aromatic rings. The van der Waals surface area contributed by atoms with E-state index in [9.17, 15) is 18.0 Å². The van der Waals surface area contributed by atoms with Gasteiger partial charge in [0.1, 0.15) is 11.4 Å². The van der Waals surface area contributed by atoms with Crippen LogP contribution in [0.25, 0.3) is 5.65 Å². The lowest BCUT2D eigenvalue weighted by Gasteiger charge is -2.07. The number of fused-ring (bicyclic) bond motifs is 1. The van der Waals surface area contributed by atoms with Gasteiger partial charge in [0, 0.05) is 12.4 Å². The molecular formula is C19H18F3N3O2. The van der Waals surface area contributed by atoms with Gasteiger partial charge in [-0.2, -0.15) is 13.2 Å². The maximum atomic E-state index is 12.7. The van der Waals surface area contributed by atoms with E-state index >= 15 is 0 Å². The van der Waals surface area contributed by atoms with Gasteiger partial charge in [0.05, 0.1) is 17.8 Å². The lowest BCUT2D eigenvalue weighted by molar-refractivity contribution is -0.137. The quantitative estimate of drug-likeness (QED) is 0.714. The second kappa shape index (κ2) is 7.69. The number of carbonyl (C=O) groups excluding carboxylic acids is 1. The highest BCUT2D eigenvalue weighted by atomic mass is 19.4. The van der Waals surface area contributed by atoms with Crippen LogP contribution < -0.4 is 10.1 Å². The van der Waals surface area contributed by atoms with Crippen molar-refractivity contribution in [1.29, 1.82) is 0 Å². The molecule has 0 aliphatic heterocycles. The minimum Gasteiger partial charge on any atom is -0.484 e. The van der Waals surface area contributed by atoms with Gasteiger partial charge < -0.3 is 14.5 Å². The van der Waals surface area contributed by atoms with E-state index in [0.717, 1.165) is 24.2 Å². The monoisotopic (exact) mass is 377 g/mol. The van der Waals surface area contributed by atoms with Gasteiger partial charge in [-0.05, 0) is 36.2 Å². The number of benzene rings is 1. The number of carbonyl (C=O) groups is 1. The number of nitrogens with zero attached hydrogens (tertiary/aromatic N) is 2. The summed E-state index contributed by atoms with van der Waals surface area (Å²) in [5.41, 5.74) is 1.18. The molecule has 1 N–H and O–H groups in total. The van der Waals surface area contributed by atoms with Gasteiger partial charge in [0.25, 0.3) is 5.91 Å². The first-order chi connectivity index (χ1) is 12.8. The summed E-state index contributed by atoms with van der Waals surface area (Å²) in [4.78, 5) is 16.1. The molecular weight excluding hydrogens is 359 g/mol. The second-order valence-corrected chi connectivity index (χ2v) is 5.98. The molecule has 1 amide bonds. The molecule has 27 heavy (non-hydrogen) atoms. The van der Waals surface area contributed by atoms with Gasteiger partial charge in [-0.15, -0.1) is 0 Å². The lowest BCUT2D eigenvalue weighted by atomic mass is 10.2. The standard InChI is InChI=1S/C19H18F3N3O2/c1-2-13-4-3-5-16(8-13)27-12-18(26)23-9-15-11-25-10-14(19(20,21)22)6-7-17(25)24-15/h3-8,10-11H,2,9,12H2,1H3,(H,23,26). The smallest absolute Gasteiger partial charge is 0.417 e. The predicted molar refractivity (Wildman–Crippen MR) is 93.4 cm³/mol. The number of nitrogens with one attached hydrogen (secondary N) is 1. The van der Waals surface area contributed by atoms with Crippen LogP contribution in [0.2, 0.25) is 0 Å². The number of alkyl halides is 3. The number of pyridine rings is 1. The normalized spacial score (nSPS) is 11.6. The van der Waals surface area contributed by atoms with E-state index in [1.54, 1.807) is 6.07 Å². The average Bonchev–Trinajstić information content (AvgIpc) is 3.06. The molecule has 0 unspecified atom stereocenters. The number of amides is 1. The van der Waals surface area contributed by atoms with Crippen molar-refractivity contribution in [3.8, 4) is 5.75 Å². The van der Waals surface area contributed by atoms with E-state index in [-0.39, 0.29) is 19.1 Å². The second-order valence-electron chi connectivity index (χ2n) is 5.98. The summed E-state index contributed by atoms with van der Waals surface area (Å²) in [5, 5.41) is 2.64. The van der Waals surface area contributed by atoms with Crippen LogP contribution >= 0.6 is 0 Å². The Balaban J connectivity index is 1.56. The number of hydrogen-bond donors (Lipinski definition) is 1. The zero-order valence-electron chi connectivity index (χ0n) is 14.6. The maximum absolute atomic E-state index is 12.7. The molecule has 0 aliphatic carbocycles. The molecule has 0 aliphatic rings.